The van der Waals surface area contributed by atoms with Crippen molar-refractivity contribution in [3.8, 4) is 5.69 Å². The lowest BCUT2D eigenvalue weighted by Crippen LogP contribution is -2.06. The van der Waals surface area contributed by atoms with E-state index in [1.807, 2.05) is 36.7 Å². The predicted octanol–water partition coefficient (Wildman–Crippen LogP) is 1.72. The van der Waals surface area contributed by atoms with Gasteiger partial charge in [-0.05, 0) is 24.3 Å². The Balaban J connectivity index is 2.37. The van der Waals surface area contributed by atoms with Gasteiger partial charge in [-0.2, -0.15) is 0 Å². The van der Waals surface area contributed by atoms with Crippen molar-refractivity contribution < 1.29 is 0 Å². The van der Waals surface area contributed by atoms with Gasteiger partial charge in [0.05, 0.1) is 0 Å². The van der Waals surface area contributed by atoms with Crippen molar-refractivity contribution in [3.05, 3.63) is 42.5 Å². The third kappa shape index (κ3) is 1.85. The van der Waals surface area contributed by atoms with Gasteiger partial charge in [-0.25, -0.2) is 4.98 Å². The monoisotopic (exact) mass is 202 g/mol. The Kier molecular flexibility index (Phi) is 2.69. The Bertz CT molecular complexity index is 430. The van der Waals surface area contributed by atoms with Crippen LogP contribution in [0.25, 0.3) is 5.69 Å². The smallest absolute Gasteiger partial charge is 0.112 e. The quantitative estimate of drug-likeness (QED) is 0.588. The van der Waals surface area contributed by atoms with Crippen LogP contribution in [0.15, 0.2) is 36.7 Å². The Labute approximate surface area is 88.7 Å². The van der Waals surface area contributed by atoms with Crippen LogP contribution in [0.2, 0.25) is 0 Å². The highest BCUT2D eigenvalue weighted by Gasteiger charge is 2.01. The van der Waals surface area contributed by atoms with Crippen molar-refractivity contribution in [3.63, 3.8) is 0 Å². The Hall–Kier alpha value is -1.81. The number of nitrogens with two attached hydrogens (primary N) is 1. The van der Waals surface area contributed by atoms with Gasteiger partial charge in [-0.15, -0.1) is 0 Å². The van der Waals surface area contributed by atoms with E-state index in [1.54, 1.807) is 0 Å². The molecule has 0 unspecified atom stereocenters. The fraction of sp³-hybridized carbons (Fsp3) is 0.182. The summed E-state index contributed by atoms with van der Waals surface area (Å²) in [6.45, 7) is 2.09. The van der Waals surface area contributed by atoms with Crippen molar-refractivity contribution in [2.45, 2.75) is 13.3 Å². The fourth-order valence-electron chi connectivity index (χ4n) is 1.55. The molecular formula is C11H14N4. The van der Waals surface area contributed by atoms with Gasteiger partial charge in [0.25, 0.3) is 0 Å². The topological polar surface area (TPSA) is 55.9 Å². The minimum atomic E-state index is 0.900. The fourth-order valence-corrected chi connectivity index (χ4v) is 1.55. The van der Waals surface area contributed by atoms with Gasteiger partial charge in [-0.3, -0.25) is 5.84 Å². The highest BCUT2D eigenvalue weighted by molar-refractivity contribution is 5.48. The molecule has 4 nitrogen and oxygen atoms in total. The number of hydrazine groups is 1. The van der Waals surface area contributed by atoms with Crippen LogP contribution in [-0.4, -0.2) is 9.55 Å². The molecule has 15 heavy (non-hydrogen) atoms. The van der Waals surface area contributed by atoms with E-state index < -0.39 is 0 Å². The Morgan fingerprint density at radius 1 is 1.33 bits per heavy atom. The molecule has 0 atom stereocenters. The second-order valence-corrected chi connectivity index (χ2v) is 3.26. The number of aromatic nitrogens is 2. The number of imidazole rings is 1. The van der Waals surface area contributed by atoms with E-state index in [0.29, 0.717) is 0 Å². The third-order valence-corrected chi connectivity index (χ3v) is 2.35. The van der Waals surface area contributed by atoms with Gasteiger partial charge >= 0.3 is 0 Å². The van der Waals surface area contributed by atoms with Crippen molar-refractivity contribution in [2.75, 3.05) is 5.43 Å². The molecule has 2 aromatic rings. The number of anilines is 1. The summed E-state index contributed by atoms with van der Waals surface area (Å²) in [5.41, 5.74) is 4.60. The maximum atomic E-state index is 5.31. The van der Waals surface area contributed by atoms with Crippen LogP contribution >= 0.6 is 0 Å². The summed E-state index contributed by atoms with van der Waals surface area (Å²) in [5, 5.41) is 0. The summed E-state index contributed by atoms with van der Waals surface area (Å²) >= 11 is 0. The van der Waals surface area contributed by atoms with Gasteiger partial charge < -0.3 is 9.99 Å². The van der Waals surface area contributed by atoms with Gasteiger partial charge in [0.2, 0.25) is 0 Å². The molecule has 0 amide bonds. The molecule has 78 valence electrons. The SMILES string of the molecule is CCc1nccn1-c1ccc(NN)cc1. The van der Waals surface area contributed by atoms with Crippen molar-refractivity contribution in [1.82, 2.24) is 9.55 Å². The van der Waals surface area contributed by atoms with Crippen molar-refractivity contribution in [1.29, 1.82) is 0 Å². The molecule has 0 bridgehead atoms. The number of nitrogens with zero attached hydrogens (tertiary/aromatic N) is 2. The second-order valence-electron chi connectivity index (χ2n) is 3.26. The van der Waals surface area contributed by atoms with E-state index in [2.05, 4.69) is 21.9 Å². The van der Waals surface area contributed by atoms with Gasteiger partial charge in [-0.1, -0.05) is 6.92 Å². The standard InChI is InChI=1S/C11H14N4/c1-2-11-13-7-8-15(11)10-5-3-9(14-12)4-6-10/h3-8,14H,2,12H2,1H3. The first-order chi connectivity index (χ1) is 7.35. The number of hydrogen-bond donors (Lipinski definition) is 2. The lowest BCUT2D eigenvalue weighted by atomic mass is 10.3. The molecule has 1 heterocycles. The minimum absolute atomic E-state index is 0.900. The van der Waals surface area contributed by atoms with Crippen LogP contribution < -0.4 is 11.3 Å². The molecule has 1 aromatic carbocycles. The molecule has 4 heteroatoms. The molecule has 0 radical (unpaired) electrons. The molecule has 1 aromatic heterocycles. The minimum Gasteiger partial charge on any atom is -0.324 e. The lowest BCUT2D eigenvalue weighted by Gasteiger charge is -2.07. The van der Waals surface area contributed by atoms with Crippen LogP contribution in [-0.2, 0) is 6.42 Å². The Morgan fingerprint density at radius 3 is 2.67 bits per heavy atom. The average Bonchev–Trinajstić information content (AvgIpc) is 2.77. The first-order valence-corrected chi connectivity index (χ1v) is 4.94. The van der Waals surface area contributed by atoms with E-state index >= 15 is 0 Å². The molecule has 0 aliphatic carbocycles. The normalized spacial score (nSPS) is 10.3. The van der Waals surface area contributed by atoms with Crippen LogP contribution in [0.4, 0.5) is 5.69 Å². The first-order valence-electron chi connectivity index (χ1n) is 4.94. The van der Waals surface area contributed by atoms with E-state index in [9.17, 15) is 0 Å². The van der Waals surface area contributed by atoms with Crippen LogP contribution in [0, 0.1) is 0 Å². The molecular weight excluding hydrogens is 188 g/mol. The second kappa shape index (κ2) is 4.14. The largest absolute Gasteiger partial charge is 0.324 e. The summed E-state index contributed by atoms with van der Waals surface area (Å²) in [6, 6.07) is 7.90. The molecule has 0 fully saturated rings. The van der Waals surface area contributed by atoms with E-state index in [1.165, 1.54) is 0 Å². The lowest BCUT2D eigenvalue weighted by molar-refractivity contribution is 0.891. The molecule has 0 saturated heterocycles. The third-order valence-electron chi connectivity index (χ3n) is 2.35. The van der Waals surface area contributed by atoms with Crippen molar-refractivity contribution in [2.24, 2.45) is 5.84 Å². The highest BCUT2D eigenvalue weighted by atomic mass is 15.2. The van der Waals surface area contributed by atoms with Crippen LogP contribution in [0.5, 0.6) is 0 Å². The summed E-state index contributed by atoms with van der Waals surface area (Å²) in [6.07, 6.45) is 4.70. The van der Waals surface area contributed by atoms with Crippen LogP contribution in [0.3, 0.4) is 0 Å². The molecule has 0 saturated carbocycles. The molecule has 0 aliphatic heterocycles. The number of benzene rings is 1. The Morgan fingerprint density at radius 2 is 2.07 bits per heavy atom. The maximum Gasteiger partial charge on any atom is 0.112 e. The average molecular weight is 202 g/mol. The van der Waals surface area contributed by atoms with E-state index in [-0.39, 0.29) is 0 Å². The maximum absolute atomic E-state index is 5.31. The van der Waals surface area contributed by atoms with Crippen molar-refractivity contribution >= 4 is 5.69 Å². The summed E-state index contributed by atoms with van der Waals surface area (Å²) in [5.74, 6) is 6.36. The van der Waals surface area contributed by atoms with Crippen LogP contribution in [0.1, 0.15) is 12.7 Å². The van der Waals surface area contributed by atoms with E-state index in [4.69, 9.17) is 5.84 Å². The number of rotatable bonds is 3. The molecule has 3 N–H and O–H groups in total. The highest BCUT2D eigenvalue weighted by Crippen LogP contribution is 2.14. The number of nitrogen functional groups attached to an aromatic ring is 1. The van der Waals surface area contributed by atoms with Gasteiger partial charge in [0, 0.05) is 30.2 Å². The first kappa shape index (κ1) is 9.73. The molecule has 0 spiro atoms. The zero-order chi connectivity index (χ0) is 10.7. The number of aryl methyl sites for hydroxylation is 1. The number of nitrogens with one attached hydrogen (secondary N) is 1. The molecule has 0 aliphatic rings. The van der Waals surface area contributed by atoms with Gasteiger partial charge in [0.15, 0.2) is 0 Å². The summed E-state index contributed by atoms with van der Waals surface area (Å²) < 4.78 is 2.07. The number of hydrogen-bond acceptors (Lipinski definition) is 3. The summed E-state index contributed by atoms with van der Waals surface area (Å²) in [4.78, 5) is 4.28. The predicted molar refractivity (Wildman–Crippen MR) is 60.8 cm³/mol. The molecule has 2 rings (SSSR count). The van der Waals surface area contributed by atoms with Gasteiger partial charge in [0.1, 0.15) is 5.82 Å². The zero-order valence-corrected chi connectivity index (χ0v) is 8.64. The summed E-state index contributed by atoms with van der Waals surface area (Å²) in [7, 11) is 0. The zero-order valence-electron chi connectivity index (χ0n) is 8.64. The van der Waals surface area contributed by atoms with E-state index in [0.717, 1.165) is 23.6 Å².